The summed E-state index contributed by atoms with van der Waals surface area (Å²) in [6, 6.07) is 11.3. The molecule has 1 aliphatic rings. The largest absolute Gasteiger partial charge is 0.507 e. The van der Waals surface area contributed by atoms with Gasteiger partial charge in [-0.15, -0.1) is 0 Å². The standard InChI is InChI=1S/C25H21ClN4O4/c1-13-8-19(32)16(10-17(13)26)22-21-23(29-28-22)25(33)30(12-14-4-3-7-27-11-14)24(21)15-5-6-18(31)20(9-15)34-2/h3-11,24,31-32H,12H2,1-2H3,(H,28,29)/t24-/m1/s1. The number of hydrogen-bond acceptors (Lipinski definition) is 6. The average molecular weight is 477 g/mol. The predicted octanol–water partition coefficient (Wildman–Crippen LogP) is 4.60. The fourth-order valence-corrected chi connectivity index (χ4v) is 4.48. The van der Waals surface area contributed by atoms with Gasteiger partial charge in [-0.25, -0.2) is 0 Å². The number of ether oxygens (including phenoxy) is 1. The van der Waals surface area contributed by atoms with E-state index in [-0.39, 0.29) is 23.2 Å². The van der Waals surface area contributed by atoms with Gasteiger partial charge in [0, 0.05) is 35.1 Å². The summed E-state index contributed by atoms with van der Waals surface area (Å²) in [5.41, 5.74) is 4.07. The van der Waals surface area contributed by atoms with Crippen molar-refractivity contribution in [3.8, 4) is 28.5 Å². The number of methoxy groups -OCH3 is 1. The number of carbonyl (C=O) groups excluding carboxylic acids is 1. The third-order valence-electron chi connectivity index (χ3n) is 5.99. The number of hydrogen-bond donors (Lipinski definition) is 3. The van der Waals surface area contributed by atoms with E-state index in [0.717, 1.165) is 11.1 Å². The van der Waals surface area contributed by atoms with Crippen molar-refractivity contribution in [2.24, 2.45) is 0 Å². The lowest BCUT2D eigenvalue weighted by Crippen LogP contribution is -2.29. The molecule has 1 atom stereocenters. The van der Waals surface area contributed by atoms with E-state index in [2.05, 4.69) is 15.2 Å². The lowest BCUT2D eigenvalue weighted by Gasteiger charge is -2.27. The van der Waals surface area contributed by atoms with Crippen LogP contribution in [0.25, 0.3) is 11.3 Å². The van der Waals surface area contributed by atoms with E-state index in [1.807, 2.05) is 12.1 Å². The van der Waals surface area contributed by atoms with Crippen molar-refractivity contribution in [1.82, 2.24) is 20.1 Å². The average Bonchev–Trinajstić information content (AvgIpc) is 3.37. The summed E-state index contributed by atoms with van der Waals surface area (Å²) in [5.74, 6) is 0.0414. The Hall–Kier alpha value is -4.04. The van der Waals surface area contributed by atoms with Crippen molar-refractivity contribution in [2.45, 2.75) is 19.5 Å². The Balaban J connectivity index is 1.70. The molecule has 2 aromatic carbocycles. The monoisotopic (exact) mass is 476 g/mol. The first-order chi connectivity index (χ1) is 16.4. The number of nitrogens with one attached hydrogen (secondary N) is 1. The molecule has 34 heavy (non-hydrogen) atoms. The molecular formula is C25H21ClN4O4. The van der Waals surface area contributed by atoms with Crippen LogP contribution in [0.1, 0.15) is 38.8 Å². The maximum Gasteiger partial charge on any atom is 0.273 e. The number of halogens is 1. The van der Waals surface area contributed by atoms with Crippen LogP contribution < -0.4 is 4.74 Å². The second-order valence-corrected chi connectivity index (χ2v) is 8.51. The van der Waals surface area contributed by atoms with Gasteiger partial charge >= 0.3 is 0 Å². The molecular weight excluding hydrogens is 456 g/mol. The molecule has 9 heteroatoms. The van der Waals surface area contributed by atoms with E-state index in [1.165, 1.54) is 13.2 Å². The molecule has 0 saturated heterocycles. The number of aryl methyl sites for hydroxylation is 1. The minimum Gasteiger partial charge on any atom is -0.507 e. The number of phenols is 2. The third-order valence-corrected chi connectivity index (χ3v) is 6.40. The Morgan fingerprint density at radius 3 is 2.74 bits per heavy atom. The number of nitrogens with zero attached hydrogens (tertiary/aromatic N) is 3. The van der Waals surface area contributed by atoms with Crippen LogP contribution in [0.3, 0.4) is 0 Å². The highest BCUT2D eigenvalue weighted by Gasteiger charge is 2.42. The molecule has 8 nitrogen and oxygen atoms in total. The fourth-order valence-electron chi connectivity index (χ4n) is 4.32. The number of aromatic hydroxyl groups is 2. The molecule has 3 N–H and O–H groups in total. The summed E-state index contributed by atoms with van der Waals surface area (Å²) in [6.45, 7) is 2.09. The van der Waals surface area contributed by atoms with Crippen molar-refractivity contribution in [3.63, 3.8) is 0 Å². The number of carbonyl (C=O) groups is 1. The van der Waals surface area contributed by atoms with Crippen molar-refractivity contribution in [2.75, 3.05) is 7.11 Å². The van der Waals surface area contributed by atoms with Gasteiger partial charge in [0.15, 0.2) is 11.5 Å². The van der Waals surface area contributed by atoms with Crippen LogP contribution in [0.15, 0.2) is 54.9 Å². The van der Waals surface area contributed by atoms with Gasteiger partial charge in [-0.05, 0) is 53.9 Å². The predicted molar refractivity (Wildman–Crippen MR) is 126 cm³/mol. The lowest BCUT2D eigenvalue weighted by atomic mass is 9.95. The Labute approximate surface area is 200 Å². The molecule has 172 valence electrons. The molecule has 0 saturated carbocycles. The highest BCUT2D eigenvalue weighted by molar-refractivity contribution is 6.31. The second-order valence-electron chi connectivity index (χ2n) is 8.11. The van der Waals surface area contributed by atoms with Gasteiger partial charge in [-0.1, -0.05) is 23.7 Å². The number of phenolic OH excluding ortho intramolecular Hbond substituents is 2. The van der Waals surface area contributed by atoms with Gasteiger partial charge in [0.25, 0.3) is 5.91 Å². The zero-order valence-corrected chi connectivity index (χ0v) is 19.2. The van der Waals surface area contributed by atoms with Gasteiger partial charge in [0.1, 0.15) is 17.1 Å². The summed E-state index contributed by atoms with van der Waals surface area (Å²) in [4.78, 5) is 19.4. The van der Waals surface area contributed by atoms with E-state index in [1.54, 1.807) is 48.5 Å². The molecule has 0 fully saturated rings. The van der Waals surface area contributed by atoms with E-state index in [4.69, 9.17) is 16.3 Å². The molecule has 0 bridgehead atoms. The first-order valence-corrected chi connectivity index (χ1v) is 10.9. The van der Waals surface area contributed by atoms with Crippen LogP contribution in [0.4, 0.5) is 0 Å². The molecule has 0 unspecified atom stereocenters. The van der Waals surface area contributed by atoms with Crippen molar-refractivity contribution in [1.29, 1.82) is 0 Å². The summed E-state index contributed by atoms with van der Waals surface area (Å²) in [5, 5.41) is 28.5. The first-order valence-electron chi connectivity index (χ1n) is 10.5. The van der Waals surface area contributed by atoms with Crippen LogP contribution in [-0.2, 0) is 6.54 Å². The van der Waals surface area contributed by atoms with E-state index < -0.39 is 6.04 Å². The van der Waals surface area contributed by atoms with E-state index in [0.29, 0.717) is 39.6 Å². The number of aromatic amines is 1. The lowest BCUT2D eigenvalue weighted by molar-refractivity contribution is 0.0729. The van der Waals surface area contributed by atoms with E-state index in [9.17, 15) is 15.0 Å². The van der Waals surface area contributed by atoms with Crippen molar-refractivity contribution in [3.05, 3.63) is 87.8 Å². The Morgan fingerprint density at radius 1 is 1.18 bits per heavy atom. The molecule has 3 heterocycles. The number of pyridine rings is 1. The molecule has 4 aromatic rings. The Kier molecular flexibility index (Phi) is 5.37. The Morgan fingerprint density at radius 2 is 2.00 bits per heavy atom. The fraction of sp³-hybridized carbons (Fsp3) is 0.160. The summed E-state index contributed by atoms with van der Waals surface area (Å²) in [7, 11) is 1.47. The van der Waals surface area contributed by atoms with Gasteiger partial charge in [-0.3, -0.25) is 14.9 Å². The number of H-pyrrole nitrogens is 1. The molecule has 1 aliphatic heterocycles. The van der Waals surface area contributed by atoms with Crippen LogP contribution in [0, 0.1) is 6.92 Å². The van der Waals surface area contributed by atoms with E-state index >= 15 is 0 Å². The smallest absolute Gasteiger partial charge is 0.273 e. The third kappa shape index (κ3) is 3.52. The minimum absolute atomic E-state index is 0.00927. The van der Waals surface area contributed by atoms with Gasteiger partial charge in [0.05, 0.1) is 13.2 Å². The molecule has 5 rings (SSSR count). The van der Waals surface area contributed by atoms with Crippen molar-refractivity contribution >= 4 is 17.5 Å². The second kappa shape index (κ2) is 8.39. The zero-order chi connectivity index (χ0) is 24.0. The number of aromatic nitrogens is 3. The zero-order valence-electron chi connectivity index (χ0n) is 18.4. The van der Waals surface area contributed by atoms with Crippen LogP contribution >= 0.6 is 11.6 Å². The highest BCUT2D eigenvalue weighted by atomic mass is 35.5. The van der Waals surface area contributed by atoms with Crippen molar-refractivity contribution < 1.29 is 19.7 Å². The van der Waals surface area contributed by atoms with Gasteiger partial charge in [0.2, 0.25) is 0 Å². The first kappa shape index (κ1) is 21.8. The topological polar surface area (TPSA) is 112 Å². The molecule has 2 aromatic heterocycles. The Bertz CT molecular complexity index is 1400. The maximum absolute atomic E-state index is 13.5. The molecule has 1 amide bonds. The van der Waals surface area contributed by atoms with Gasteiger partial charge < -0.3 is 19.8 Å². The van der Waals surface area contributed by atoms with Crippen LogP contribution in [-0.4, -0.2) is 43.3 Å². The number of fused-ring (bicyclic) bond motifs is 1. The van der Waals surface area contributed by atoms with Crippen LogP contribution in [0.2, 0.25) is 5.02 Å². The van der Waals surface area contributed by atoms with Crippen LogP contribution in [0.5, 0.6) is 17.2 Å². The SMILES string of the molecule is COc1cc([C@@H]2c3c(-c4cc(Cl)c(C)cc4O)n[nH]c3C(=O)N2Cc2cccnc2)ccc1O. The summed E-state index contributed by atoms with van der Waals surface area (Å²) < 4.78 is 5.31. The number of benzene rings is 2. The highest BCUT2D eigenvalue weighted by Crippen LogP contribution is 2.47. The summed E-state index contributed by atoms with van der Waals surface area (Å²) >= 11 is 6.35. The summed E-state index contributed by atoms with van der Waals surface area (Å²) in [6.07, 6.45) is 3.38. The number of rotatable bonds is 5. The quantitative estimate of drug-likeness (QED) is 0.388. The molecule has 0 aliphatic carbocycles. The molecule has 0 radical (unpaired) electrons. The maximum atomic E-state index is 13.5. The van der Waals surface area contributed by atoms with Gasteiger partial charge in [-0.2, -0.15) is 5.10 Å². The molecule has 0 spiro atoms. The number of amides is 1. The normalized spacial score (nSPS) is 15.0. The minimum atomic E-state index is -0.564.